The van der Waals surface area contributed by atoms with Gasteiger partial charge in [0.15, 0.2) is 0 Å². The van der Waals surface area contributed by atoms with Crippen molar-refractivity contribution in [1.29, 1.82) is 0 Å². The van der Waals surface area contributed by atoms with Crippen LogP contribution in [0.3, 0.4) is 0 Å². The van der Waals surface area contributed by atoms with Crippen molar-refractivity contribution in [2.75, 3.05) is 18.9 Å². The van der Waals surface area contributed by atoms with E-state index in [-0.39, 0.29) is 17.9 Å². The van der Waals surface area contributed by atoms with Crippen LogP contribution in [0.5, 0.6) is 0 Å². The second-order valence-corrected chi connectivity index (χ2v) is 6.55. The molecule has 0 N–H and O–H groups in total. The van der Waals surface area contributed by atoms with Gasteiger partial charge >= 0.3 is 0 Å². The number of hydrogen-bond acceptors (Lipinski definition) is 5. The van der Waals surface area contributed by atoms with Gasteiger partial charge in [0.2, 0.25) is 10.0 Å². The molecule has 2 bridgehead atoms. The standard InChI is InChI=1S/C10H14N2O4S/c13-17(14,2-1-8-4-11-16-6-8)12-5-10-3-9(12)7-15-10/h4,6,9-10H,1-3,5,7H2/t9-,10-/m1/s1. The van der Waals surface area contributed by atoms with E-state index in [9.17, 15) is 8.42 Å². The van der Waals surface area contributed by atoms with E-state index in [1.165, 1.54) is 6.26 Å². The molecule has 2 aliphatic heterocycles. The van der Waals surface area contributed by atoms with E-state index in [2.05, 4.69) is 9.68 Å². The van der Waals surface area contributed by atoms with Crippen molar-refractivity contribution < 1.29 is 17.7 Å². The van der Waals surface area contributed by atoms with Gasteiger partial charge in [-0.2, -0.15) is 4.31 Å². The summed E-state index contributed by atoms with van der Waals surface area (Å²) in [5, 5.41) is 3.56. The number of rotatable bonds is 4. The van der Waals surface area contributed by atoms with Crippen LogP contribution in [0.25, 0.3) is 0 Å². The zero-order valence-electron chi connectivity index (χ0n) is 9.28. The highest BCUT2D eigenvalue weighted by atomic mass is 32.2. The van der Waals surface area contributed by atoms with Gasteiger partial charge in [0.1, 0.15) is 6.26 Å². The van der Waals surface area contributed by atoms with Crippen LogP contribution in [0.2, 0.25) is 0 Å². The molecule has 0 saturated carbocycles. The smallest absolute Gasteiger partial charge is 0.214 e. The van der Waals surface area contributed by atoms with Gasteiger partial charge in [0.05, 0.1) is 30.7 Å². The van der Waals surface area contributed by atoms with Gasteiger partial charge in [-0.25, -0.2) is 8.42 Å². The van der Waals surface area contributed by atoms with E-state index in [0.29, 0.717) is 19.6 Å². The van der Waals surface area contributed by atoms with E-state index in [0.717, 1.165) is 12.0 Å². The third-order valence-corrected chi connectivity index (χ3v) is 5.22. The first-order valence-electron chi connectivity index (χ1n) is 5.64. The van der Waals surface area contributed by atoms with Crippen LogP contribution in [0, 0.1) is 0 Å². The summed E-state index contributed by atoms with van der Waals surface area (Å²) in [7, 11) is -3.18. The Morgan fingerprint density at radius 2 is 2.41 bits per heavy atom. The van der Waals surface area contributed by atoms with Crippen LogP contribution < -0.4 is 0 Å². The van der Waals surface area contributed by atoms with Gasteiger partial charge in [-0.3, -0.25) is 0 Å². The van der Waals surface area contributed by atoms with E-state index in [4.69, 9.17) is 4.74 Å². The number of sulfonamides is 1. The largest absolute Gasteiger partial charge is 0.375 e. The third kappa shape index (κ3) is 2.10. The highest BCUT2D eigenvalue weighted by molar-refractivity contribution is 7.89. The molecule has 0 spiro atoms. The zero-order valence-corrected chi connectivity index (χ0v) is 10.1. The Hall–Kier alpha value is -0.920. The average Bonchev–Trinajstić information content (AvgIpc) is 3.03. The van der Waals surface area contributed by atoms with Crippen molar-refractivity contribution in [3.8, 4) is 0 Å². The fourth-order valence-electron chi connectivity index (χ4n) is 2.42. The van der Waals surface area contributed by atoms with Crippen molar-refractivity contribution in [3.05, 3.63) is 18.0 Å². The van der Waals surface area contributed by atoms with E-state index in [1.54, 1.807) is 10.5 Å². The number of morpholine rings is 1. The normalized spacial score (nSPS) is 28.9. The Bertz CT molecular complexity index is 484. The van der Waals surface area contributed by atoms with Gasteiger partial charge in [0.25, 0.3) is 0 Å². The highest BCUT2D eigenvalue weighted by Crippen LogP contribution is 2.30. The average molecular weight is 258 g/mol. The van der Waals surface area contributed by atoms with Crippen molar-refractivity contribution >= 4 is 10.0 Å². The summed E-state index contributed by atoms with van der Waals surface area (Å²) in [5.74, 6) is 0.109. The fraction of sp³-hybridized carbons (Fsp3) is 0.700. The molecule has 0 radical (unpaired) electrons. The van der Waals surface area contributed by atoms with Crippen LogP contribution >= 0.6 is 0 Å². The Balaban J connectivity index is 1.65. The minimum absolute atomic E-state index is 0.0486. The molecule has 2 aliphatic rings. The summed E-state index contributed by atoms with van der Waals surface area (Å²) in [4.78, 5) is 0. The van der Waals surface area contributed by atoms with Crippen LogP contribution in [-0.2, 0) is 21.2 Å². The maximum atomic E-state index is 12.1. The molecule has 1 aromatic heterocycles. The molecule has 94 valence electrons. The highest BCUT2D eigenvalue weighted by Gasteiger charge is 2.44. The lowest BCUT2D eigenvalue weighted by Gasteiger charge is -2.25. The van der Waals surface area contributed by atoms with E-state index in [1.807, 2.05) is 0 Å². The molecule has 0 aliphatic carbocycles. The Labute approximate surface area is 99.6 Å². The molecular weight excluding hydrogens is 244 g/mol. The van der Waals surface area contributed by atoms with E-state index < -0.39 is 10.0 Å². The predicted molar refractivity (Wildman–Crippen MR) is 58.8 cm³/mol. The minimum Gasteiger partial charge on any atom is -0.375 e. The quantitative estimate of drug-likeness (QED) is 0.761. The summed E-state index contributed by atoms with van der Waals surface area (Å²) in [6, 6.07) is 0.0486. The molecule has 7 heteroatoms. The molecule has 2 fully saturated rings. The van der Waals surface area contributed by atoms with Crippen molar-refractivity contribution in [2.45, 2.75) is 25.0 Å². The Morgan fingerprint density at radius 3 is 3.00 bits per heavy atom. The lowest BCUT2D eigenvalue weighted by atomic mass is 10.3. The van der Waals surface area contributed by atoms with Gasteiger partial charge in [-0.05, 0) is 12.8 Å². The fourth-order valence-corrected chi connectivity index (χ4v) is 4.14. The first kappa shape index (κ1) is 11.2. The molecule has 6 nitrogen and oxygen atoms in total. The van der Waals surface area contributed by atoms with Gasteiger partial charge in [-0.1, -0.05) is 5.16 Å². The number of aromatic nitrogens is 1. The minimum atomic E-state index is -3.18. The number of aryl methyl sites for hydroxylation is 1. The van der Waals surface area contributed by atoms with Crippen LogP contribution in [0.15, 0.2) is 17.0 Å². The number of nitrogens with zero attached hydrogens (tertiary/aromatic N) is 2. The number of fused-ring (bicyclic) bond motifs is 2. The molecule has 0 amide bonds. The first-order chi connectivity index (χ1) is 8.15. The predicted octanol–water partition coefficient (Wildman–Crippen LogP) is 0.0200. The van der Waals surface area contributed by atoms with Crippen molar-refractivity contribution in [3.63, 3.8) is 0 Å². The SMILES string of the molecule is O=S(=O)(CCc1cnoc1)N1C[C@H]2C[C@@H]1CO2. The lowest BCUT2D eigenvalue weighted by molar-refractivity contribution is 0.0609. The molecule has 17 heavy (non-hydrogen) atoms. The summed E-state index contributed by atoms with van der Waals surface area (Å²) in [6.45, 7) is 1.05. The Kier molecular flexibility index (Phi) is 2.68. The molecule has 3 heterocycles. The monoisotopic (exact) mass is 258 g/mol. The molecular formula is C10H14N2O4S. The molecule has 1 aromatic rings. The maximum absolute atomic E-state index is 12.1. The number of ether oxygens (including phenoxy) is 1. The second kappa shape index (κ2) is 4.08. The summed E-state index contributed by atoms with van der Waals surface area (Å²) >= 11 is 0. The van der Waals surface area contributed by atoms with Crippen molar-refractivity contribution in [2.24, 2.45) is 0 Å². The maximum Gasteiger partial charge on any atom is 0.214 e. The molecule has 2 atom stereocenters. The Morgan fingerprint density at radius 1 is 1.53 bits per heavy atom. The third-order valence-electron chi connectivity index (χ3n) is 3.34. The first-order valence-corrected chi connectivity index (χ1v) is 7.25. The molecule has 0 unspecified atom stereocenters. The van der Waals surface area contributed by atoms with Gasteiger partial charge in [-0.15, -0.1) is 0 Å². The summed E-state index contributed by atoms with van der Waals surface area (Å²) < 4.78 is 35.9. The van der Waals surface area contributed by atoms with Gasteiger partial charge in [0, 0.05) is 12.1 Å². The zero-order chi connectivity index (χ0) is 11.9. The molecule has 3 rings (SSSR count). The van der Waals surface area contributed by atoms with Crippen LogP contribution in [0.4, 0.5) is 0 Å². The summed E-state index contributed by atoms with van der Waals surface area (Å²) in [6.07, 6.45) is 4.42. The molecule has 0 aromatic carbocycles. The topological polar surface area (TPSA) is 72.6 Å². The number of hydrogen-bond donors (Lipinski definition) is 0. The van der Waals surface area contributed by atoms with Gasteiger partial charge < -0.3 is 9.26 Å². The summed E-state index contributed by atoms with van der Waals surface area (Å²) in [5.41, 5.74) is 0.814. The lowest BCUT2D eigenvalue weighted by Crippen LogP contribution is -2.42. The van der Waals surface area contributed by atoms with Crippen LogP contribution in [0.1, 0.15) is 12.0 Å². The van der Waals surface area contributed by atoms with Crippen LogP contribution in [-0.4, -0.2) is 48.9 Å². The van der Waals surface area contributed by atoms with Crippen molar-refractivity contribution in [1.82, 2.24) is 9.46 Å². The second-order valence-electron chi connectivity index (χ2n) is 4.51. The van der Waals surface area contributed by atoms with E-state index >= 15 is 0 Å². The molecule has 2 saturated heterocycles.